The van der Waals surface area contributed by atoms with E-state index in [1.165, 1.54) is 18.2 Å². The number of halogens is 4. The van der Waals surface area contributed by atoms with Crippen LogP contribution in [0.4, 0.5) is 12.9 Å². The van der Waals surface area contributed by atoms with Gasteiger partial charge in [0.2, 0.25) is 0 Å². The number of hydrogen-bond donors (Lipinski definition) is 0. The molecule has 1 aromatic rings. The molecule has 16 heavy (non-hydrogen) atoms. The Hall–Kier alpha value is 0.291. The van der Waals surface area contributed by atoms with Gasteiger partial charge in [-0.25, -0.2) is 0 Å². The van der Waals surface area contributed by atoms with Gasteiger partial charge in [0.1, 0.15) is 17.4 Å². The van der Waals surface area contributed by atoms with Crippen LogP contribution in [0.2, 0.25) is 5.02 Å². The second-order valence-corrected chi connectivity index (χ2v) is 3.15. The Balaban J connectivity index is 0.00000225. The van der Waals surface area contributed by atoms with Crippen LogP contribution in [0.3, 0.4) is 0 Å². The van der Waals surface area contributed by atoms with Crippen molar-refractivity contribution < 1.29 is 69.1 Å². The first-order chi connectivity index (χ1) is 6.94. The van der Waals surface area contributed by atoms with Crippen LogP contribution in [0.1, 0.15) is 5.56 Å². The smallest absolute Gasteiger partial charge is 0.520 e. The number of benzene rings is 1. The van der Waals surface area contributed by atoms with Crippen LogP contribution < -0.4 is 56.1 Å². The first-order valence-electron chi connectivity index (χ1n) is 3.96. The average molecular weight is 273 g/mol. The van der Waals surface area contributed by atoms with Gasteiger partial charge in [0, 0.05) is 0 Å². The molecule has 0 aromatic heterocycles. The van der Waals surface area contributed by atoms with Crippen molar-refractivity contribution in [3.8, 4) is 11.8 Å². The van der Waals surface area contributed by atoms with E-state index in [9.17, 15) is 12.9 Å². The van der Waals surface area contributed by atoms with Crippen LogP contribution >= 0.6 is 11.6 Å². The molecule has 80 valence electrons. The quantitative estimate of drug-likeness (QED) is 0.725. The molecule has 0 N–H and O–H groups in total. The first-order valence-corrected chi connectivity index (χ1v) is 4.34. The summed E-state index contributed by atoms with van der Waals surface area (Å²) >= 11 is 5.60. The molecule has 0 aliphatic heterocycles. The van der Waals surface area contributed by atoms with Crippen molar-refractivity contribution in [3.05, 3.63) is 28.8 Å². The van der Waals surface area contributed by atoms with Crippen molar-refractivity contribution in [2.24, 2.45) is 0 Å². The van der Waals surface area contributed by atoms with Crippen LogP contribution in [-0.4, -0.2) is 13.5 Å². The van der Waals surface area contributed by atoms with Gasteiger partial charge in [0.15, 0.2) is 0 Å². The number of nitrogens with zero attached hydrogens (tertiary/aromatic N) is 1. The Bertz CT molecular complexity index is 407. The zero-order valence-corrected chi connectivity index (χ0v) is 12.3. The molecule has 1 aromatic carbocycles. The van der Waals surface area contributed by atoms with Gasteiger partial charge >= 0.3 is 58.4 Å². The van der Waals surface area contributed by atoms with E-state index in [1.54, 1.807) is 6.07 Å². The van der Waals surface area contributed by atoms with Crippen molar-refractivity contribution in [1.82, 2.24) is 0 Å². The molecule has 0 spiro atoms. The minimum absolute atomic E-state index is 0. The summed E-state index contributed by atoms with van der Waals surface area (Å²) in [6, 6.07) is 5.78. The maximum atomic E-state index is 11.9. The van der Waals surface area contributed by atoms with Gasteiger partial charge in [-0.15, -0.1) is 0 Å². The fourth-order valence-electron chi connectivity index (χ4n) is 0.917. The van der Waals surface area contributed by atoms with E-state index < -0.39 is 13.5 Å². The van der Waals surface area contributed by atoms with E-state index in [0.717, 1.165) is 0 Å². The summed E-state index contributed by atoms with van der Waals surface area (Å²) in [4.78, 5) is 0. The Morgan fingerprint density at radius 2 is 2.00 bits per heavy atom. The third kappa shape index (κ3) is 5.08. The number of hydrogen-bond acceptors (Lipinski definition) is 2. The predicted octanol–water partition coefficient (Wildman–Crippen LogP) is -0.0189. The zero-order valence-electron chi connectivity index (χ0n) is 8.38. The van der Waals surface area contributed by atoms with Gasteiger partial charge in [-0.05, 0) is 12.1 Å². The third-order valence-electron chi connectivity index (χ3n) is 1.52. The van der Waals surface area contributed by atoms with Gasteiger partial charge in [0.25, 0.3) is 0 Å². The van der Waals surface area contributed by atoms with Gasteiger partial charge in [-0.2, -0.15) is 5.26 Å². The number of rotatable bonds is 3. The Labute approximate surface area is 138 Å². The third-order valence-corrected chi connectivity index (χ3v) is 1.83. The largest absolute Gasteiger partial charge is 1.00 e. The van der Waals surface area contributed by atoms with Gasteiger partial charge in [0.05, 0.1) is 11.5 Å². The number of nitriles is 1. The molecular weight excluding hydrogens is 268 g/mol. The monoisotopic (exact) mass is 273 g/mol. The summed E-state index contributed by atoms with van der Waals surface area (Å²) in [5.74, 6) is -0.149. The topological polar surface area (TPSA) is 33.0 Å². The minimum Gasteiger partial charge on any atom is -0.520 e. The maximum Gasteiger partial charge on any atom is 1.00 e. The van der Waals surface area contributed by atoms with E-state index in [2.05, 4.69) is 4.74 Å². The zero-order chi connectivity index (χ0) is 11.5. The molecule has 0 fully saturated rings. The first kappa shape index (κ1) is 16.3. The van der Waals surface area contributed by atoms with Crippen molar-refractivity contribution in [1.29, 1.82) is 5.26 Å². The Morgan fingerprint density at radius 3 is 2.50 bits per heavy atom. The molecule has 0 atom stereocenters. The van der Waals surface area contributed by atoms with E-state index in [0.29, 0.717) is 0 Å². The molecule has 0 bridgehead atoms. The van der Waals surface area contributed by atoms with E-state index in [4.69, 9.17) is 16.9 Å². The summed E-state index contributed by atoms with van der Waals surface area (Å²) in [6.45, 7) is -6.41. The summed E-state index contributed by atoms with van der Waals surface area (Å²) in [5, 5.41) is 8.71. The Morgan fingerprint density at radius 1 is 1.38 bits per heavy atom. The summed E-state index contributed by atoms with van der Waals surface area (Å²) in [6.07, 6.45) is 0. The van der Waals surface area contributed by atoms with Crippen LogP contribution in [0.5, 0.6) is 5.75 Å². The van der Waals surface area contributed by atoms with Gasteiger partial charge in [-0.3, -0.25) is 0 Å². The molecule has 0 saturated heterocycles. The molecule has 0 amide bonds. The molecule has 2 nitrogen and oxygen atoms in total. The summed E-state index contributed by atoms with van der Waals surface area (Å²) in [5.41, 5.74) is -0.0841. The molecule has 0 unspecified atom stereocenters. The van der Waals surface area contributed by atoms with Crippen molar-refractivity contribution in [2.75, 3.05) is 6.51 Å². The molecule has 0 heterocycles. The van der Waals surface area contributed by atoms with E-state index >= 15 is 0 Å². The second kappa shape index (κ2) is 6.89. The molecular formula is C8H5BClF3KNO. The van der Waals surface area contributed by atoms with Gasteiger partial charge in [-0.1, -0.05) is 17.7 Å². The minimum atomic E-state index is -5.04. The van der Waals surface area contributed by atoms with Crippen LogP contribution in [-0.2, 0) is 0 Å². The molecule has 0 radical (unpaired) electrons. The van der Waals surface area contributed by atoms with Crippen molar-refractivity contribution in [2.45, 2.75) is 0 Å². The fourth-order valence-corrected chi connectivity index (χ4v) is 1.13. The second-order valence-electron chi connectivity index (χ2n) is 2.75. The Kier molecular flexibility index (Phi) is 7.01. The average Bonchev–Trinajstić information content (AvgIpc) is 2.13. The van der Waals surface area contributed by atoms with Crippen molar-refractivity contribution in [3.63, 3.8) is 0 Å². The maximum absolute atomic E-state index is 11.9. The summed E-state index contributed by atoms with van der Waals surface area (Å²) < 4.78 is 40.2. The van der Waals surface area contributed by atoms with E-state index in [1.807, 2.05) is 0 Å². The van der Waals surface area contributed by atoms with Crippen LogP contribution in [0.15, 0.2) is 18.2 Å². The summed E-state index contributed by atoms with van der Waals surface area (Å²) in [7, 11) is 0. The number of ether oxygens (including phenoxy) is 1. The van der Waals surface area contributed by atoms with Crippen LogP contribution in [0, 0.1) is 11.3 Å². The SMILES string of the molecule is N#Cc1c(Cl)cccc1OC[B-](F)(F)F.[K+]. The standard InChI is InChI=1S/C8H5BClF3NO.K/c10-7-2-1-3-8(6(7)4-14)15-5-9(11,12)13;/h1-3H,5H2;/q-1;+1. The predicted molar refractivity (Wildman–Crippen MR) is 50.7 cm³/mol. The fraction of sp³-hybridized carbons (Fsp3) is 0.125. The molecule has 0 aliphatic carbocycles. The molecule has 0 saturated carbocycles. The normalized spacial score (nSPS) is 10.2. The molecule has 1 rings (SSSR count). The van der Waals surface area contributed by atoms with E-state index in [-0.39, 0.29) is 67.7 Å². The molecule has 0 aliphatic rings. The van der Waals surface area contributed by atoms with Crippen molar-refractivity contribution >= 4 is 18.6 Å². The van der Waals surface area contributed by atoms with Gasteiger partial charge < -0.3 is 17.7 Å². The molecule has 8 heteroatoms. The van der Waals surface area contributed by atoms with Crippen LogP contribution in [0.25, 0.3) is 0 Å².